The Hall–Kier alpha value is -3.81. The van der Waals surface area contributed by atoms with Gasteiger partial charge in [-0.05, 0) is 38.1 Å². The van der Waals surface area contributed by atoms with E-state index in [1.54, 1.807) is 25.1 Å². The van der Waals surface area contributed by atoms with Gasteiger partial charge in [0.25, 0.3) is 0 Å². The molecule has 2 heterocycles. The Balaban J connectivity index is 1.57. The van der Waals surface area contributed by atoms with Crippen LogP contribution >= 0.6 is 0 Å². The summed E-state index contributed by atoms with van der Waals surface area (Å²) in [6, 6.07) is 14.5. The number of fused-ring (bicyclic) bond motifs is 1. The predicted molar refractivity (Wildman–Crippen MR) is 108 cm³/mol. The fourth-order valence-corrected chi connectivity index (χ4v) is 2.91. The SMILES string of the molecule is CCOC(=O)c1ccccc1Nc1nc(C)cc(Nc2ccc3c(c2)OCO3)n1. The van der Waals surface area contributed by atoms with Gasteiger partial charge in [-0.15, -0.1) is 0 Å². The Labute approximate surface area is 167 Å². The summed E-state index contributed by atoms with van der Waals surface area (Å²) < 4.78 is 15.9. The van der Waals surface area contributed by atoms with Crippen molar-refractivity contribution in [1.29, 1.82) is 0 Å². The molecule has 2 N–H and O–H groups in total. The molecule has 0 amide bonds. The van der Waals surface area contributed by atoms with Crippen LogP contribution in [0.15, 0.2) is 48.5 Å². The maximum Gasteiger partial charge on any atom is 0.340 e. The number of carbonyl (C=O) groups excluding carboxylic acids is 1. The van der Waals surface area contributed by atoms with E-state index in [4.69, 9.17) is 14.2 Å². The zero-order valence-corrected chi connectivity index (χ0v) is 16.1. The summed E-state index contributed by atoms with van der Waals surface area (Å²) in [6.07, 6.45) is 0. The van der Waals surface area contributed by atoms with E-state index in [0.29, 0.717) is 41.1 Å². The number of benzene rings is 2. The first-order valence-corrected chi connectivity index (χ1v) is 9.18. The number of aromatic nitrogens is 2. The number of esters is 1. The van der Waals surface area contributed by atoms with E-state index >= 15 is 0 Å². The molecular weight excluding hydrogens is 372 g/mol. The van der Waals surface area contributed by atoms with Gasteiger partial charge in [0, 0.05) is 23.5 Å². The van der Waals surface area contributed by atoms with E-state index in [0.717, 1.165) is 11.4 Å². The second-order valence-corrected chi connectivity index (χ2v) is 6.30. The van der Waals surface area contributed by atoms with Gasteiger partial charge in [0.05, 0.1) is 17.9 Å². The van der Waals surface area contributed by atoms with Gasteiger partial charge in [0.2, 0.25) is 12.7 Å². The second kappa shape index (κ2) is 8.05. The molecule has 29 heavy (non-hydrogen) atoms. The van der Waals surface area contributed by atoms with Crippen molar-refractivity contribution in [2.75, 3.05) is 24.0 Å². The summed E-state index contributed by atoms with van der Waals surface area (Å²) in [5, 5.41) is 6.35. The van der Waals surface area contributed by atoms with Crippen molar-refractivity contribution in [3.8, 4) is 11.5 Å². The summed E-state index contributed by atoms with van der Waals surface area (Å²) >= 11 is 0. The van der Waals surface area contributed by atoms with E-state index in [1.807, 2.05) is 37.3 Å². The smallest absolute Gasteiger partial charge is 0.340 e. The van der Waals surface area contributed by atoms with Crippen molar-refractivity contribution in [1.82, 2.24) is 9.97 Å². The average Bonchev–Trinajstić information content (AvgIpc) is 3.16. The maximum atomic E-state index is 12.2. The third-order valence-corrected chi connectivity index (χ3v) is 4.17. The number of para-hydroxylation sites is 1. The van der Waals surface area contributed by atoms with E-state index in [2.05, 4.69) is 20.6 Å². The van der Waals surface area contributed by atoms with Crippen molar-refractivity contribution in [3.05, 3.63) is 59.8 Å². The van der Waals surface area contributed by atoms with E-state index in [9.17, 15) is 4.79 Å². The number of ether oxygens (including phenoxy) is 3. The molecule has 148 valence electrons. The lowest BCUT2D eigenvalue weighted by Gasteiger charge is -2.12. The Morgan fingerprint density at radius 2 is 1.90 bits per heavy atom. The Morgan fingerprint density at radius 1 is 1.07 bits per heavy atom. The lowest BCUT2D eigenvalue weighted by atomic mass is 10.2. The van der Waals surface area contributed by atoms with Crippen LogP contribution in [0.25, 0.3) is 0 Å². The van der Waals surface area contributed by atoms with Crippen LogP contribution in [0.4, 0.5) is 23.1 Å². The van der Waals surface area contributed by atoms with Gasteiger partial charge in [-0.25, -0.2) is 9.78 Å². The Kier molecular flexibility index (Phi) is 5.15. The van der Waals surface area contributed by atoms with Gasteiger partial charge in [-0.1, -0.05) is 12.1 Å². The molecule has 1 aromatic heterocycles. The first-order valence-electron chi connectivity index (χ1n) is 9.18. The number of rotatable bonds is 6. The van der Waals surface area contributed by atoms with Gasteiger partial charge in [-0.3, -0.25) is 0 Å². The van der Waals surface area contributed by atoms with Crippen molar-refractivity contribution in [2.24, 2.45) is 0 Å². The van der Waals surface area contributed by atoms with Crippen molar-refractivity contribution in [3.63, 3.8) is 0 Å². The largest absolute Gasteiger partial charge is 0.462 e. The standard InChI is InChI=1S/C21H20N4O4/c1-3-27-20(26)15-6-4-5-7-16(15)24-21-22-13(2)10-19(25-21)23-14-8-9-17-18(11-14)29-12-28-17/h4-11H,3,12H2,1-2H3,(H2,22,23,24,25). The zero-order valence-electron chi connectivity index (χ0n) is 16.1. The molecule has 1 aliphatic heterocycles. The zero-order chi connectivity index (χ0) is 20.2. The molecule has 0 spiro atoms. The van der Waals surface area contributed by atoms with E-state index in [-0.39, 0.29) is 6.79 Å². The Morgan fingerprint density at radius 3 is 2.76 bits per heavy atom. The van der Waals surface area contributed by atoms with E-state index < -0.39 is 5.97 Å². The molecule has 0 saturated heterocycles. The first kappa shape index (κ1) is 18.5. The summed E-state index contributed by atoms with van der Waals surface area (Å²) in [5.41, 5.74) is 2.57. The van der Waals surface area contributed by atoms with Gasteiger partial charge >= 0.3 is 5.97 Å². The molecule has 0 unspecified atom stereocenters. The molecule has 0 atom stereocenters. The lowest BCUT2D eigenvalue weighted by Crippen LogP contribution is -2.09. The number of nitrogens with zero attached hydrogens (tertiary/aromatic N) is 2. The lowest BCUT2D eigenvalue weighted by molar-refractivity contribution is 0.0527. The molecule has 8 nitrogen and oxygen atoms in total. The van der Waals surface area contributed by atoms with Gasteiger partial charge < -0.3 is 24.8 Å². The molecule has 1 aliphatic rings. The number of hydrogen-bond donors (Lipinski definition) is 2. The molecule has 4 rings (SSSR count). The molecule has 0 aliphatic carbocycles. The maximum absolute atomic E-state index is 12.2. The minimum absolute atomic E-state index is 0.222. The molecule has 2 aromatic carbocycles. The summed E-state index contributed by atoms with van der Waals surface area (Å²) in [5.74, 6) is 1.97. The highest BCUT2D eigenvalue weighted by atomic mass is 16.7. The minimum atomic E-state index is -0.401. The van der Waals surface area contributed by atoms with E-state index in [1.165, 1.54) is 0 Å². The summed E-state index contributed by atoms with van der Waals surface area (Å²) in [4.78, 5) is 21.1. The topological polar surface area (TPSA) is 94.6 Å². The summed E-state index contributed by atoms with van der Waals surface area (Å²) in [6.45, 7) is 4.16. The number of carbonyl (C=O) groups is 1. The van der Waals surface area contributed by atoms with Gasteiger partial charge in [-0.2, -0.15) is 4.98 Å². The quantitative estimate of drug-likeness (QED) is 0.604. The molecule has 0 radical (unpaired) electrons. The number of nitrogens with one attached hydrogen (secondary N) is 2. The van der Waals surface area contributed by atoms with Gasteiger partial charge in [0.15, 0.2) is 11.5 Å². The highest BCUT2D eigenvalue weighted by molar-refractivity contribution is 5.96. The van der Waals surface area contributed by atoms with Crippen LogP contribution in [0.5, 0.6) is 11.5 Å². The molecule has 8 heteroatoms. The third-order valence-electron chi connectivity index (χ3n) is 4.17. The van der Waals surface area contributed by atoms with Crippen LogP contribution in [0.3, 0.4) is 0 Å². The van der Waals surface area contributed by atoms with Crippen molar-refractivity contribution in [2.45, 2.75) is 13.8 Å². The second-order valence-electron chi connectivity index (χ2n) is 6.30. The molecule has 0 fully saturated rings. The third kappa shape index (κ3) is 4.21. The molecule has 3 aromatic rings. The normalized spacial score (nSPS) is 11.8. The van der Waals surface area contributed by atoms with Crippen LogP contribution in [0, 0.1) is 6.92 Å². The van der Waals surface area contributed by atoms with Crippen LogP contribution in [0.1, 0.15) is 23.0 Å². The number of anilines is 4. The van der Waals surface area contributed by atoms with Crippen molar-refractivity contribution < 1.29 is 19.0 Å². The average molecular weight is 392 g/mol. The van der Waals surface area contributed by atoms with Crippen LogP contribution in [0.2, 0.25) is 0 Å². The fourth-order valence-electron chi connectivity index (χ4n) is 2.91. The molecular formula is C21H20N4O4. The van der Waals surface area contributed by atoms with Crippen molar-refractivity contribution >= 4 is 29.1 Å². The highest BCUT2D eigenvalue weighted by Gasteiger charge is 2.15. The van der Waals surface area contributed by atoms with Crippen LogP contribution < -0.4 is 20.1 Å². The first-order chi connectivity index (χ1) is 14.1. The number of hydrogen-bond acceptors (Lipinski definition) is 8. The molecule has 0 saturated carbocycles. The van der Waals surface area contributed by atoms with Gasteiger partial charge in [0.1, 0.15) is 5.82 Å². The minimum Gasteiger partial charge on any atom is -0.462 e. The van der Waals surface area contributed by atoms with Crippen LogP contribution in [-0.2, 0) is 4.74 Å². The number of aryl methyl sites for hydroxylation is 1. The Bertz CT molecular complexity index is 1050. The molecule has 0 bridgehead atoms. The van der Waals surface area contributed by atoms with Crippen LogP contribution in [-0.4, -0.2) is 29.3 Å². The predicted octanol–water partition coefficient (Wildman–Crippen LogP) is 4.18. The fraction of sp³-hybridized carbons (Fsp3) is 0.190. The summed E-state index contributed by atoms with van der Waals surface area (Å²) in [7, 11) is 0. The highest BCUT2D eigenvalue weighted by Crippen LogP contribution is 2.35. The monoisotopic (exact) mass is 392 g/mol.